The Hall–Kier alpha value is -1.79. The van der Waals surface area contributed by atoms with Crippen LogP contribution in [-0.4, -0.2) is 39.8 Å². The molecule has 0 aliphatic carbocycles. The van der Waals surface area contributed by atoms with Crippen LogP contribution in [-0.2, 0) is 17.9 Å². The van der Waals surface area contributed by atoms with Gasteiger partial charge in [-0.1, -0.05) is 26.0 Å². The van der Waals surface area contributed by atoms with Gasteiger partial charge in [0.1, 0.15) is 10.8 Å². The quantitative estimate of drug-likeness (QED) is 0.817. The fourth-order valence-corrected chi connectivity index (χ4v) is 3.92. The zero-order valence-corrected chi connectivity index (χ0v) is 15.5. The van der Waals surface area contributed by atoms with Crippen molar-refractivity contribution < 1.29 is 9.18 Å². The first-order chi connectivity index (χ1) is 12.0. The van der Waals surface area contributed by atoms with Crippen LogP contribution in [0.2, 0.25) is 0 Å². The lowest BCUT2D eigenvalue weighted by Crippen LogP contribution is -2.45. The van der Waals surface area contributed by atoms with Gasteiger partial charge in [0, 0.05) is 43.7 Å². The molecule has 1 aromatic heterocycles. The summed E-state index contributed by atoms with van der Waals surface area (Å²) in [5, 5.41) is 3.07. The fraction of sp³-hybridized carbons (Fsp3) is 0.474. The van der Waals surface area contributed by atoms with Crippen molar-refractivity contribution in [2.45, 2.75) is 39.4 Å². The number of amides is 1. The van der Waals surface area contributed by atoms with Crippen LogP contribution in [0.25, 0.3) is 0 Å². The second-order valence-corrected chi connectivity index (χ2v) is 7.85. The molecule has 0 bridgehead atoms. The number of carbonyl (C=O) groups excluding carboxylic acids is 1. The zero-order chi connectivity index (χ0) is 17.8. The highest BCUT2D eigenvalue weighted by atomic mass is 32.1. The Morgan fingerprint density at radius 1 is 1.28 bits per heavy atom. The monoisotopic (exact) mass is 361 g/mol. The van der Waals surface area contributed by atoms with E-state index >= 15 is 0 Å². The maximum atomic E-state index is 13.2. The van der Waals surface area contributed by atoms with Gasteiger partial charge in [0.25, 0.3) is 0 Å². The standard InChI is InChI=1S/C19H24FN3OS/c1-14(2)17-12-22(13-18-21-8-10-25-18)9-7-19(24)23(17)11-15-3-5-16(20)6-4-15/h3-6,8,10,14,17H,7,9,11-13H2,1-2H3/t17-/m0/s1. The van der Waals surface area contributed by atoms with Gasteiger partial charge in [-0.15, -0.1) is 11.3 Å². The van der Waals surface area contributed by atoms with Crippen LogP contribution in [0.15, 0.2) is 35.8 Å². The third-order valence-electron chi connectivity index (χ3n) is 4.69. The van der Waals surface area contributed by atoms with E-state index in [0.29, 0.717) is 18.9 Å². The summed E-state index contributed by atoms with van der Waals surface area (Å²) in [5.74, 6) is 0.270. The number of hydrogen-bond donors (Lipinski definition) is 0. The molecule has 1 amide bonds. The van der Waals surface area contributed by atoms with Crippen molar-refractivity contribution in [2.24, 2.45) is 5.92 Å². The predicted molar refractivity (Wildman–Crippen MR) is 97.6 cm³/mol. The van der Waals surface area contributed by atoms with Crippen LogP contribution < -0.4 is 0 Å². The highest BCUT2D eigenvalue weighted by Gasteiger charge is 2.31. The van der Waals surface area contributed by atoms with Crippen molar-refractivity contribution in [1.82, 2.24) is 14.8 Å². The molecule has 134 valence electrons. The van der Waals surface area contributed by atoms with E-state index in [1.807, 2.05) is 16.5 Å². The number of thiazole rings is 1. The Balaban J connectivity index is 1.76. The van der Waals surface area contributed by atoms with Gasteiger partial charge in [0.05, 0.1) is 6.54 Å². The lowest BCUT2D eigenvalue weighted by atomic mass is 10.0. The third-order valence-corrected chi connectivity index (χ3v) is 5.45. The van der Waals surface area contributed by atoms with Gasteiger partial charge in [-0.25, -0.2) is 9.37 Å². The number of nitrogens with zero attached hydrogens (tertiary/aromatic N) is 3. The highest BCUT2D eigenvalue weighted by Crippen LogP contribution is 2.22. The minimum absolute atomic E-state index is 0.139. The van der Waals surface area contributed by atoms with E-state index in [1.54, 1.807) is 23.5 Å². The predicted octanol–water partition coefficient (Wildman–Crippen LogP) is 3.54. The average Bonchev–Trinajstić information content (AvgIpc) is 3.04. The molecule has 0 unspecified atom stereocenters. The van der Waals surface area contributed by atoms with Gasteiger partial charge in [-0.05, 0) is 23.6 Å². The highest BCUT2D eigenvalue weighted by molar-refractivity contribution is 7.09. The minimum Gasteiger partial charge on any atom is -0.334 e. The summed E-state index contributed by atoms with van der Waals surface area (Å²) in [7, 11) is 0. The topological polar surface area (TPSA) is 36.4 Å². The molecular formula is C19H24FN3OS. The first-order valence-corrected chi connectivity index (χ1v) is 9.55. The Kier molecular flexibility index (Phi) is 5.81. The smallest absolute Gasteiger partial charge is 0.224 e. The molecule has 0 spiro atoms. The third kappa shape index (κ3) is 4.64. The van der Waals surface area contributed by atoms with Crippen LogP contribution in [0.3, 0.4) is 0 Å². The SMILES string of the molecule is CC(C)[C@@H]1CN(Cc2nccs2)CCC(=O)N1Cc1ccc(F)cc1. The molecule has 0 N–H and O–H groups in total. The molecule has 4 nitrogen and oxygen atoms in total. The molecule has 1 saturated heterocycles. The van der Waals surface area contributed by atoms with Crippen molar-refractivity contribution in [3.8, 4) is 0 Å². The minimum atomic E-state index is -0.249. The summed E-state index contributed by atoms with van der Waals surface area (Å²) in [6.07, 6.45) is 2.33. The Morgan fingerprint density at radius 3 is 2.68 bits per heavy atom. The number of hydrogen-bond acceptors (Lipinski definition) is 4. The first kappa shape index (κ1) is 18.0. The molecule has 1 fully saturated rings. The van der Waals surface area contributed by atoms with Crippen LogP contribution in [0, 0.1) is 11.7 Å². The van der Waals surface area contributed by atoms with Gasteiger partial charge < -0.3 is 4.90 Å². The van der Waals surface area contributed by atoms with E-state index in [9.17, 15) is 9.18 Å². The first-order valence-electron chi connectivity index (χ1n) is 8.67. The normalized spacial score (nSPS) is 19.4. The van der Waals surface area contributed by atoms with Crippen LogP contribution in [0.4, 0.5) is 4.39 Å². The summed E-state index contributed by atoms with van der Waals surface area (Å²) >= 11 is 1.65. The van der Waals surface area contributed by atoms with Gasteiger partial charge in [-0.3, -0.25) is 9.69 Å². The number of rotatable bonds is 5. The van der Waals surface area contributed by atoms with Crippen molar-refractivity contribution in [3.63, 3.8) is 0 Å². The van der Waals surface area contributed by atoms with Crippen LogP contribution >= 0.6 is 11.3 Å². The number of benzene rings is 1. The molecule has 6 heteroatoms. The molecule has 3 rings (SSSR count). The summed E-state index contributed by atoms with van der Waals surface area (Å²) < 4.78 is 13.2. The van der Waals surface area contributed by atoms with Gasteiger partial charge in [-0.2, -0.15) is 0 Å². The second kappa shape index (κ2) is 8.06. The molecule has 1 atom stereocenters. The lowest BCUT2D eigenvalue weighted by molar-refractivity contribution is -0.134. The van der Waals surface area contributed by atoms with Gasteiger partial charge >= 0.3 is 0 Å². The molecule has 2 heterocycles. The molecule has 2 aromatic rings. The zero-order valence-electron chi connectivity index (χ0n) is 14.7. The number of carbonyl (C=O) groups is 1. The molecule has 0 saturated carbocycles. The summed E-state index contributed by atoms with van der Waals surface area (Å²) in [4.78, 5) is 21.4. The van der Waals surface area contributed by atoms with Gasteiger partial charge in [0.15, 0.2) is 0 Å². The summed E-state index contributed by atoms with van der Waals surface area (Å²) in [6, 6.07) is 6.57. The maximum absolute atomic E-state index is 13.2. The molecule has 1 aromatic carbocycles. The molecular weight excluding hydrogens is 337 g/mol. The van der Waals surface area contributed by atoms with E-state index in [-0.39, 0.29) is 17.8 Å². The molecule has 25 heavy (non-hydrogen) atoms. The van der Waals surface area contributed by atoms with Crippen molar-refractivity contribution in [3.05, 3.63) is 52.2 Å². The van der Waals surface area contributed by atoms with E-state index in [2.05, 4.69) is 23.7 Å². The van der Waals surface area contributed by atoms with E-state index < -0.39 is 0 Å². The number of halogens is 1. The number of aromatic nitrogens is 1. The molecule has 0 radical (unpaired) electrons. The Bertz CT molecular complexity index is 687. The van der Waals surface area contributed by atoms with E-state index in [0.717, 1.165) is 30.2 Å². The average molecular weight is 361 g/mol. The molecule has 1 aliphatic rings. The maximum Gasteiger partial charge on any atom is 0.224 e. The summed E-state index contributed by atoms with van der Waals surface area (Å²) in [6.45, 7) is 7.22. The van der Waals surface area contributed by atoms with Crippen molar-refractivity contribution in [1.29, 1.82) is 0 Å². The summed E-state index contributed by atoms with van der Waals surface area (Å²) in [5.41, 5.74) is 0.966. The van der Waals surface area contributed by atoms with Gasteiger partial charge in [0.2, 0.25) is 5.91 Å². The van der Waals surface area contributed by atoms with Crippen LogP contribution in [0.1, 0.15) is 30.8 Å². The Labute approximate surface area is 152 Å². The van der Waals surface area contributed by atoms with E-state index in [4.69, 9.17) is 0 Å². The van der Waals surface area contributed by atoms with Crippen molar-refractivity contribution in [2.75, 3.05) is 13.1 Å². The fourth-order valence-electron chi connectivity index (χ4n) is 3.27. The van der Waals surface area contributed by atoms with Crippen LogP contribution in [0.5, 0.6) is 0 Å². The largest absolute Gasteiger partial charge is 0.334 e. The molecule has 1 aliphatic heterocycles. The Morgan fingerprint density at radius 2 is 2.04 bits per heavy atom. The van der Waals surface area contributed by atoms with E-state index in [1.165, 1.54) is 12.1 Å². The second-order valence-electron chi connectivity index (χ2n) is 6.87. The van der Waals surface area contributed by atoms with Crippen molar-refractivity contribution >= 4 is 17.2 Å². The lowest BCUT2D eigenvalue weighted by Gasteiger charge is -2.34.